The number of aryl methyl sites for hydroxylation is 1. The van der Waals surface area contributed by atoms with Crippen molar-refractivity contribution in [3.8, 4) is 11.3 Å². The van der Waals surface area contributed by atoms with Crippen molar-refractivity contribution in [2.45, 2.75) is 12.8 Å². The van der Waals surface area contributed by atoms with Gasteiger partial charge in [-0.2, -0.15) is 0 Å². The third-order valence-corrected chi connectivity index (χ3v) is 3.42. The Morgan fingerprint density at radius 3 is 2.95 bits per heavy atom. The van der Waals surface area contributed by atoms with E-state index in [1.807, 2.05) is 12.3 Å². The van der Waals surface area contributed by atoms with Crippen LogP contribution in [0, 0.1) is 6.92 Å². The normalized spacial score (nSPS) is 11.6. The molecule has 0 spiro atoms. The zero-order valence-corrected chi connectivity index (χ0v) is 11.6. The lowest BCUT2D eigenvalue weighted by Crippen LogP contribution is -2.41. The van der Waals surface area contributed by atoms with E-state index in [9.17, 15) is 13.6 Å². The zero-order valence-electron chi connectivity index (χ0n) is 10.7. The molecular weight excluding hydrogens is 286 g/mol. The van der Waals surface area contributed by atoms with Crippen molar-refractivity contribution in [1.29, 1.82) is 0 Å². The molecule has 0 atom stereocenters. The number of carbonyl (C=O) groups is 1. The molecule has 20 heavy (non-hydrogen) atoms. The van der Waals surface area contributed by atoms with Gasteiger partial charge in [-0.05, 0) is 13.0 Å². The molecule has 0 bridgehead atoms. The molecule has 8 heteroatoms. The van der Waals surface area contributed by atoms with Gasteiger partial charge < -0.3 is 16.0 Å². The number of hydrogen-bond donors (Lipinski definition) is 3. The van der Waals surface area contributed by atoms with Crippen molar-refractivity contribution in [3.05, 3.63) is 28.3 Å². The average molecular weight is 300 g/mol. The molecule has 0 aromatic carbocycles. The average Bonchev–Trinajstić information content (AvgIpc) is 3.04. The fourth-order valence-corrected chi connectivity index (χ4v) is 2.17. The van der Waals surface area contributed by atoms with Crippen LogP contribution in [-0.2, 0) is 0 Å². The van der Waals surface area contributed by atoms with Gasteiger partial charge in [0.1, 0.15) is 5.69 Å². The Morgan fingerprint density at radius 1 is 1.60 bits per heavy atom. The van der Waals surface area contributed by atoms with Crippen molar-refractivity contribution in [3.63, 3.8) is 0 Å². The van der Waals surface area contributed by atoms with Gasteiger partial charge in [-0.1, -0.05) is 0 Å². The van der Waals surface area contributed by atoms with Crippen molar-refractivity contribution in [1.82, 2.24) is 15.3 Å². The Labute approximate surface area is 118 Å². The van der Waals surface area contributed by atoms with E-state index in [1.54, 1.807) is 12.3 Å². The summed E-state index contributed by atoms with van der Waals surface area (Å²) < 4.78 is 25.9. The van der Waals surface area contributed by atoms with E-state index < -0.39 is 24.9 Å². The van der Waals surface area contributed by atoms with Crippen molar-refractivity contribution in [2.75, 3.05) is 13.1 Å². The first-order valence-electron chi connectivity index (χ1n) is 5.88. The van der Waals surface area contributed by atoms with E-state index in [-0.39, 0.29) is 5.69 Å². The van der Waals surface area contributed by atoms with E-state index in [2.05, 4.69) is 15.3 Å². The second-order valence-electron chi connectivity index (χ2n) is 4.30. The van der Waals surface area contributed by atoms with Crippen LogP contribution in [-0.4, -0.2) is 34.9 Å². The number of H-pyrrole nitrogens is 1. The van der Waals surface area contributed by atoms with Crippen LogP contribution in [0.1, 0.15) is 15.5 Å². The number of hydrogen-bond acceptors (Lipinski definition) is 4. The minimum Gasteiger partial charge on any atom is -0.357 e. The number of nitrogens with one attached hydrogen (secondary N) is 2. The Hall–Kier alpha value is -1.80. The summed E-state index contributed by atoms with van der Waals surface area (Å²) in [4.78, 5) is 18.7. The molecule has 2 heterocycles. The van der Waals surface area contributed by atoms with E-state index in [0.29, 0.717) is 0 Å². The molecule has 0 fully saturated rings. The number of aromatic amines is 1. The Balaban J connectivity index is 2.03. The van der Waals surface area contributed by atoms with E-state index in [1.165, 1.54) is 11.3 Å². The fraction of sp³-hybridized carbons (Fsp3) is 0.333. The van der Waals surface area contributed by atoms with Gasteiger partial charge >= 0.3 is 0 Å². The molecule has 0 unspecified atom stereocenters. The summed E-state index contributed by atoms with van der Waals surface area (Å²) in [6, 6.07) is 1.57. The number of rotatable bonds is 5. The molecule has 0 aliphatic heterocycles. The Morgan fingerprint density at radius 2 is 2.35 bits per heavy atom. The van der Waals surface area contributed by atoms with Crippen molar-refractivity contribution < 1.29 is 13.6 Å². The summed E-state index contributed by atoms with van der Waals surface area (Å²) in [6.45, 7) is 0.289. The van der Waals surface area contributed by atoms with Crippen LogP contribution in [0.2, 0.25) is 0 Å². The highest BCUT2D eigenvalue weighted by molar-refractivity contribution is 7.09. The highest BCUT2D eigenvalue weighted by Crippen LogP contribution is 2.22. The number of nitrogens with zero attached hydrogens (tertiary/aromatic N) is 1. The molecule has 0 saturated carbocycles. The monoisotopic (exact) mass is 300 g/mol. The molecule has 0 aliphatic carbocycles. The molecule has 0 aliphatic rings. The molecule has 2 aromatic rings. The maximum atomic E-state index is 12.9. The second kappa shape index (κ2) is 5.68. The predicted octanol–water partition coefficient (Wildman–Crippen LogP) is 1.77. The standard InChI is InChI=1S/C12H14F2N4OS/c1-7-18-10(4-20-7)8-2-9(16-3-8)11(19)17-6-12(13,14)5-15/h2-4,16H,5-6,15H2,1H3,(H,17,19). The van der Waals surface area contributed by atoms with E-state index in [4.69, 9.17) is 5.73 Å². The predicted molar refractivity (Wildman–Crippen MR) is 73.0 cm³/mol. The molecule has 2 aromatic heterocycles. The lowest BCUT2D eigenvalue weighted by molar-refractivity contribution is 0.0118. The van der Waals surface area contributed by atoms with Crippen LogP contribution in [0.5, 0.6) is 0 Å². The highest BCUT2D eigenvalue weighted by atomic mass is 32.1. The van der Waals surface area contributed by atoms with Crippen LogP contribution >= 0.6 is 11.3 Å². The molecule has 108 valence electrons. The van der Waals surface area contributed by atoms with E-state index in [0.717, 1.165) is 16.3 Å². The smallest absolute Gasteiger partial charge is 0.277 e. The molecule has 2 rings (SSSR count). The Bertz CT molecular complexity index is 608. The summed E-state index contributed by atoms with van der Waals surface area (Å²) in [6.07, 6.45) is 1.62. The quantitative estimate of drug-likeness (QED) is 0.787. The van der Waals surface area contributed by atoms with Gasteiger partial charge in [-0.15, -0.1) is 11.3 Å². The zero-order chi connectivity index (χ0) is 14.8. The molecule has 4 N–H and O–H groups in total. The highest BCUT2D eigenvalue weighted by Gasteiger charge is 2.27. The van der Waals surface area contributed by atoms with Crippen LogP contribution in [0.4, 0.5) is 8.78 Å². The number of thiazole rings is 1. The maximum Gasteiger partial charge on any atom is 0.277 e. The molecule has 0 radical (unpaired) electrons. The summed E-state index contributed by atoms with van der Waals surface area (Å²) in [5, 5.41) is 4.92. The first-order chi connectivity index (χ1) is 9.41. The van der Waals surface area contributed by atoms with Gasteiger partial charge in [0.05, 0.1) is 23.8 Å². The lowest BCUT2D eigenvalue weighted by Gasteiger charge is -2.13. The number of alkyl halides is 2. The minimum absolute atomic E-state index is 0.207. The van der Waals surface area contributed by atoms with Crippen molar-refractivity contribution >= 4 is 17.2 Å². The number of halogens is 2. The van der Waals surface area contributed by atoms with Gasteiger partial charge in [0.25, 0.3) is 11.8 Å². The van der Waals surface area contributed by atoms with Crippen LogP contribution in [0.25, 0.3) is 11.3 Å². The minimum atomic E-state index is -3.10. The second-order valence-corrected chi connectivity index (χ2v) is 5.36. The third kappa shape index (κ3) is 3.40. The van der Waals surface area contributed by atoms with Crippen molar-refractivity contribution in [2.24, 2.45) is 5.73 Å². The topological polar surface area (TPSA) is 83.8 Å². The largest absolute Gasteiger partial charge is 0.357 e. The number of amides is 1. The van der Waals surface area contributed by atoms with Gasteiger partial charge in [0, 0.05) is 17.1 Å². The number of nitrogens with two attached hydrogens (primary N) is 1. The van der Waals surface area contributed by atoms with Gasteiger partial charge in [-0.25, -0.2) is 13.8 Å². The van der Waals surface area contributed by atoms with E-state index >= 15 is 0 Å². The molecule has 5 nitrogen and oxygen atoms in total. The lowest BCUT2D eigenvalue weighted by atomic mass is 10.2. The number of carbonyl (C=O) groups excluding carboxylic acids is 1. The van der Waals surface area contributed by atoms with Crippen LogP contribution in [0.3, 0.4) is 0 Å². The first kappa shape index (κ1) is 14.6. The van der Waals surface area contributed by atoms with Gasteiger partial charge in [0.2, 0.25) is 0 Å². The fourth-order valence-electron chi connectivity index (χ4n) is 1.55. The summed E-state index contributed by atoms with van der Waals surface area (Å²) in [5.41, 5.74) is 6.59. The molecule has 0 saturated heterocycles. The molecule has 1 amide bonds. The number of aromatic nitrogens is 2. The Kier molecular flexibility index (Phi) is 4.15. The summed E-state index contributed by atoms with van der Waals surface area (Å²) in [7, 11) is 0. The molecular formula is C12H14F2N4OS. The first-order valence-corrected chi connectivity index (χ1v) is 6.76. The third-order valence-electron chi connectivity index (χ3n) is 2.65. The van der Waals surface area contributed by atoms with Crippen LogP contribution < -0.4 is 11.1 Å². The van der Waals surface area contributed by atoms with Gasteiger partial charge in [0.15, 0.2) is 0 Å². The SMILES string of the molecule is Cc1nc(-c2c[nH]c(C(=O)NCC(F)(F)CN)c2)cs1. The maximum absolute atomic E-state index is 12.9. The summed E-state index contributed by atoms with van der Waals surface area (Å²) >= 11 is 1.49. The van der Waals surface area contributed by atoms with Gasteiger partial charge in [-0.3, -0.25) is 4.79 Å². The summed E-state index contributed by atoms with van der Waals surface area (Å²) in [5.74, 6) is -3.70. The van der Waals surface area contributed by atoms with Crippen LogP contribution in [0.15, 0.2) is 17.6 Å².